The fourth-order valence-corrected chi connectivity index (χ4v) is 2.75. The van der Waals surface area contributed by atoms with Gasteiger partial charge in [0.2, 0.25) is 0 Å². The van der Waals surface area contributed by atoms with Crippen molar-refractivity contribution in [3.05, 3.63) is 96.1 Å². The van der Waals surface area contributed by atoms with Crippen LogP contribution in [0.25, 0.3) is 0 Å². The van der Waals surface area contributed by atoms with Crippen LogP contribution in [-0.4, -0.2) is 18.7 Å². The zero-order valence-electron chi connectivity index (χ0n) is 15.9. The lowest BCUT2D eigenvalue weighted by molar-refractivity contribution is -0.151. The van der Waals surface area contributed by atoms with Crippen LogP contribution in [0, 0.1) is 0 Å². The number of ether oxygens (including phenoxy) is 3. The van der Waals surface area contributed by atoms with E-state index in [0.29, 0.717) is 25.4 Å². The summed E-state index contributed by atoms with van der Waals surface area (Å²) in [5.74, 6) is 1.09. The average Bonchev–Trinajstić information content (AvgIpc) is 2.74. The summed E-state index contributed by atoms with van der Waals surface area (Å²) in [4.78, 5) is 12.3. The molecule has 0 heterocycles. The standard InChI is InChI=1S/C24H24O4/c1-2-26-24(25)23(17-19-9-5-3-6-10-19)28-22-15-13-20(14-16-22)18-27-21-11-7-4-8-12-21/h3-16,23H,2,17-18H2,1H3. The van der Waals surface area contributed by atoms with Crippen LogP contribution in [0.4, 0.5) is 0 Å². The molecule has 0 fully saturated rings. The zero-order valence-corrected chi connectivity index (χ0v) is 15.9. The first-order valence-corrected chi connectivity index (χ1v) is 9.38. The van der Waals surface area contributed by atoms with Crippen LogP contribution in [0.2, 0.25) is 0 Å². The molecule has 3 rings (SSSR count). The second-order valence-electron chi connectivity index (χ2n) is 6.29. The SMILES string of the molecule is CCOC(=O)C(Cc1ccccc1)Oc1ccc(COc2ccccc2)cc1. The molecule has 0 radical (unpaired) electrons. The van der Waals surface area contributed by atoms with Crippen LogP contribution in [0.1, 0.15) is 18.1 Å². The van der Waals surface area contributed by atoms with Crippen molar-refractivity contribution in [2.24, 2.45) is 0 Å². The third-order valence-electron chi connectivity index (χ3n) is 4.16. The highest BCUT2D eigenvalue weighted by Crippen LogP contribution is 2.18. The lowest BCUT2D eigenvalue weighted by Gasteiger charge is -2.18. The lowest BCUT2D eigenvalue weighted by Crippen LogP contribution is -2.31. The van der Waals surface area contributed by atoms with Gasteiger partial charge in [0.15, 0.2) is 6.10 Å². The van der Waals surface area contributed by atoms with Gasteiger partial charge in [0.1, 0.15) is 18.1 Å². The molecule has 3 aromatic rings. The molecule has 1 atom stereocenters. The van der Waals surface area contributed by atoms with Crippen LogP contribution in [0.3, 0.4) is 0 Å². The number of rotatable bonds is 9. The molecule has 1 unspecified atom stereocenters. The van der Waals surface area contributed by atoms with Gasteiger partial charge < -0.3 is 14.2 Å². The highest BCUT2D eigenvalue weighted by molar-refractivity contribution is 5.75. The molecule has 0 amide bonds. The Labute approximate surface area is 165 Å². The first-order chi connectivity index (χ1) is 13.7. The smallest absolute Gasteiger partial charge is 0.347 e. The minimum Gasteiger partial charge on any atom is -0.489 e. The van der Waals surface area contributed by atoms with E-state index in [0.717, 1.165) is 16.9 Å². The molecular weight excluding hydrogens is 352 g/mol. The van der Waals surface area contributed by atoms with E-state index in [1.165, 1.54) is 0 Å². The Morgan fingerprint density at radius 3 is 2.07 bits per heavy atom. The maximum atomic E-state index is 12.3. The summed E-state index contributed by atoms with van der Waals surface area (Å²) < 4.78 is 16.9. The molecule has 4 heteroatoms. The van der Waals surface area contributed by atoms with Crippen LogP contribution in [0.5, 0.6) is 11.5 Å². The molecule has 0 N–H and O–H groups in total. The minimum absolute atomic E-state index is 0.323. The van der Waals surface area contributed by atoms with E-state index in [4.69, 9.17) is 14.2 Å². The second kappa shape index (κ2) is 10.2. The quantitative estimate of drug-likeness (QED) is 0.502. The molecule has 0 aliphatic carbocycles. The Kier molecular flexibility index (Phi) is 7.08. The maximum Gasteiger partial charge on any atom is 0.347 e. The van der Waals surface area contributed by atoms with Gasteiger partial charge in [-0.15, -0.1) is 0 Å². The first-order valence-electron chi connectivity index (χ1n) is 9.38. The fourth-order valence-electron chi connectivity index (χ4n) is 2.75. The Morgan fingerprint density at radius 1 is 0.786 bits per heavy atom. The average molecular weight is 376 g/mol. The third-order valence-corrected chi connectivity index (χ3v) is 4.16. The topological polar surface area (TPSA) is 44.8 Å². The predicted molar refractivity (Wildman–Crippen MR) is 108 cm³/mol. The summed E-state index contributed by atoms with van der Waals surface area (Å²) in [6.45, 7) is 2.58. The Balaban J connectivity index is 1.62. The van der Waals surface area contributed by atoms with Crippen LogP contribution >= 0.6 is 0 Å². The van der Waals surface area contributed by atoms with Crippen molar-refractivity contribution in [1.82, 2.24) is 0 Å². The number of esters is 1. The summed E-state index contributed by atoms with van der Waals surface area (Å²) in [6, 6.07) is 27.0. The predicted octanol–water partition coefficient (Wildman–Crippen LogP) is 4.82. The number of hydrogen-bond donors (Lipinski definition) is 0. The Bertz CT molecular complexity index is 845. The summed E-state index contributed by atoms with van der Waals surface area (Å²) in [6.07, 6.45) is -0.229. The molecule has 0 aliphatic rings. The van der Waals surface area contributed by atoms with Crippen molar-refractivity contribution < 1.29 is 19.0 Å². The van der Waals surface area contributed by atoms with E-state index in [2.05, 4.69) is 0 Å². The molecule has 3 aromatic carbocycles. The van der Waals surface area contributed by atoms with Crippen LogP contribution < -0.4 is 9.47 Å². The van der Waals surface area contributed by atoms with E-state index >= 15 is 0 Å². The second-order valence-corrected chi connectivity index (χ2v) is 6.29. The van der Waals surface area contributed by atoms with Crippen molar-refractivity contribution in [3.63, 3.8) is 0 Å². The number of benzene rings is 3. The van der Waals surface area contributed by atoms with E-state index in [-0.39, 0.29) is 5.97 Å². The van der Waals surface area contributed by atoms with Crippen LogP contribution in [0.15, 0.2) is 84.9 Å². The van der Waals surface area contributed by atoms with Gasteiger partial charge >= 0.3 is 5.97 Å². The van der Waals surface area contributed by atoms with Gasteiger partial charge in [-0.2, -0.15) is 0 Å². The van der Waals surface area contributed by atoms with Gasteiger partial charge in [-0.1, -0.05) is 60.7 Å². The van der Waals surface area contributed by atoms with Gasteiger partial charge in [-0.3, -0.25) is 0 Å². The molecule has 0 saturated heterocycles. The highest BCUT2D eigenvalue weighted by Gasteiger charge is 2.22. The molecule has 0 spiro atoms. The zero-order chi connectivity index (χ0) is 19.6. The monoisotopic (exact) mass is 376 g/mol. The molecule has 4 nitrogen and oxygen atoms in total. The van der Waals surface area contributed by atoms with Gasteiger partial charge in [0.25, 0.3) is 0 Å². The van der Waals surface area contributed by atoms with Gasteiger partial charge in [-0.05, 0) is 42.3 Å². The van der Waals surface area contributed by atoms with Gasteiger partial charge in [0.05, 0.1) is 6.61 Å². The van der Waals surface area contributed by atoms with E-state index < -0.39 is 6.10 Å². The fraction of sp³-hybridized carbons (Fsp3) is 0.208. The van der Waals surface area contributed by atoms with Crippen molar-refractivity contribution in [3.8, 4) is 11.5 Å². The number of para-hydroxylation sites is 1. The number of carbonyl (C=O) groups excluding carboxylic acids is 1. The minimum atomic E-state index is -0.686. The maximum absolute atomic E-state index is 12.3. The number of hydrogen-bond acceptors (Lipinski definition) is 4. The van der Waals surface area contributed by atoms with Crippen LogP contribution in [-0.2, 0) is 22.6 Å². The van der Waals surface area contributed by atoms with Crippen molar-refractivity contribution >= 4 is 5.97 Å². The van der Waals surface area contributed by atoms with E-state index in [1.54, 1.807) is 6.92 Å². The molecule has 0 bridgehead atoms. The van der Waals surface area contributed by atoms with Gasteiger partial charge in [0, 0.05) is 6.42 Å². The summed E-state index contributed by atoms with van der Waals surface area (Å²) in [5.41, 5.74) is 2.04. The summed E-state index contributed by atoms with van der Waals surface area (Å²) in [5, 5.41) is 0. The summed E-state index contributed by atoms with van der Waals surface area (Å²) >= 11 is 0. The van der Waals surface area contributed by atoms with Crippen molar-refractivity contribution in [2.75, 3.05) is 6.61 Å². The van der Waals surface area contributed by atoms with Crippen molar-refractivity contribution in [2.45, 2.75) is 26.1 Å². The third kappa shape index (κ3) is 5.88. The van der Waals surface area contributed by atoms with Crippen molar-refractivity contribution in [1.29, 1.82) is 0 Å². The molecular formula is C24H24O4. The normalized spacial score (nSPS) is 11.5. The molecule has 0 aliphatic heterocycles. The molecule has 144 valence electrons. The molecule has 0 aromatic heterocycles. The summed E-state index contributed by atoms with van der Waals surface area (Å²) in [7, 11) is 0. The largest absolute Gasteiger partial charge is 0.489 e. The molecule has 0 saturated carbocycles. The highest BCUT2D eigenvalue weighted by atomic mass is 16.6. The van der Waals surface area contributed by atoms with E-state index in [1.807, 2.05) is 84.9 Å². The lowest BCUT2D eigenvalue weighted by atomic mass is 10.1. The van der Waals surface area contributed by atoms with E-state index in [9.17, 15) is 4.79 Å². The molecule has 28 heavy (non-hydrogen) atoms. The Hall–Kier alpha value is -3.27. The Morgan fingerprint density at radius 2 is 1.43 bits per heavy atom. The first kappa shape index (κ1) is 19.5. The van der Waals surface area contributed by atoms with Gasteiger partial charge in [-0.25, -0.2) is 4.79 Å². The number of carbonyl (C=O) groups is 1.